The van der Waals surface area contributed by atoms with Crippen molar-refractivity contribution in [3.05, 3.63) is 11.6 Å². The van der Waals surface area contributed by atoms with Crippen LogP contribution < -0.4 is 10.6 Å². The molecular weight excluding hydrogens is 355 g/mol. The van der Waals surface area contributed by atoms with Crippen molar-refractivity contribution in [2.75, 3.05) is 7.05 Å². The fourth-order valence-electron chi connectivity index (χ4n) is 2.13. The maximum atomic E-state index is 4.25. The van der Waals surface area contributed by atoms with Crippen molar-refractivity contribution in [3.63, 3.8) is 0 Å². The van der Waals surface area contributed by atoms with E-state index in [1.165, 1.54) is 12.8 Å². The summed E-state index contributed by atoms with van der Waals surface area (Å²) in [5.41, 5.74) is 0. The van der Waals surface area contributed by atoms with E-state index in [9.17, 15) is 0 Å². The molecule has 1 aliphatic rings. The van der Waals surface area contributed by atoms with E-state index in [1.807, 2.05) is 0 Å². The molecule has 1 aromatic rings. The number of nitrogens with one attached hydrogen (secondary N) is 2. The minimum absolute atomic E-state index is 0. The Labute approximate surface area is 131 Å². The Balaban J connectivity index is 0.00000180. The minimum Gasteiger partial charge on any atom is -0.354 e. The third-order valence-corrected chi connectivity index (χ3v) is 3.00. The molecule has 1 aliphatic heterocycles. The highest BCUT2D eigenvalue weighted by Crippen LogP contribution is 2.13. The maximum Gasteiger partial charge on any atom is 0.191 e. The zero-order valence-electron chi connectivity index (χ0n) is 11.8. The molecule has 1 aromatic heterocycles. The lowest BCUT2D eigenvalue weighted by Gasteiger charge is -2.17. The highest BCUT2D eigenvalue weighted by atomic mass is 127. The molecule has 108 valence electrons. The van der Waals surface area contributed by atoms with E-state index in [4.69, 9.17) is 0 Å². The summed E-state index contributed by atoms with van der Waals surface area (Å²) in [4.78, 5) is 4.18. The Bertz CT molecular complexity index is 426. The second-order valence-electron chi connectivity index (χ2n) is 4.87. The van der Waals surface area contributed by atoms with E-state index in [0.29, 0.717) is 12.6 Å². The summed E-state index contributed by atoms with van der Waals surface area (Å²) < 4.78 is 2.22. The molecule has 0 saturated carbocycles. The zero-order valence-corrected chi connectivity index (χ0v) is 14.1. The summed E-state index contributed by atoms with van der Waals surface area (Å²) in [5, 5.41) is 15.0. The van der Waals surface area contributed by atoms with E-state index in [1.54, 1.807) is 7.05 Å². The van der Waals surface area contributed by atoms with Gasteiger partial charge in [-0.3, -0.25) is 4.99 Å². The van der Waals surface area contributed by atoms with E-state index in [-0.39, 0.29) is 24.0 Å². The molecular formula is C12H23IN6. The standard InChI is InChI=1S/C12H22N6.HI/c1-9(2)15-12(13-3)14-8-11-17-16-10-6-4-5-7-18(10)11;/h9H,4-8H2,1-3H3,(H2,13,14,15);1H. The molecule has 0 unspecified atom stereocenters. The summed E-state index contributed by atoms with van der Waals surface area (Å²) in [5.74, 6) is 2.92. The number of halogens is 1. The third-order valence-electron chi connectivity index (χ3n) is 3.00. The van der Waals surface area contributed by atoms with Gasteiger partial charge in [0.25, 0.3) is 0 Å². The van der Waals surface area contributed by atoms with Crippen LogP contribution in [0.5, 0.6) is 0 Å². The van der Waals surface area contributed by atoms with Gasteiger partial charge in [0.05, 0.1) is 6.54 Å². The second kappa shape index (κ2) is 7.66. The first-order valence-corrected chi connectivity index (χ1v) is 6.59. The van der Waals surface area contributed by atoms with Crippen LogP contribution in [0.4, 0.5) is 0 Å². The SMILES string of the molecule is CN=C(NCc1nnc2n1CCCC2)NC(C)C.I. The Morgan fingerprint density at radius 1 is 1.37 bits per heavy atom. The number of hydrogen-bond acceptors (Lipinski definition) is 3. The summed E-state index contributed by atoms with van der Waals surface area (Å²) in [6.07, 6.45) is 3.49. The number of aliphatic imine (C=N–C) groups is 1. The van der Waals surface area contributed by atoms with Crippen LogP contribution in [0, 0.1) is 0 Å². The van der Waals surface area contributed by atoms with Crippen LogP contribution in [0.15, 0.2) is 4.99 Å². The number of rotatable bonds is 3. The monoisotopic (exact) mass is 378 g/mol. The Morgan fingerprint density at radius 2 is 2.16 bits per heavy atom. The normalized spacial score (nSPS) is 14.8. The van der Waals surface area contributed by atoms with Crippen LogP contribution >= 0.6 is 24.0 Å². The first-order valence-electron chi connectivity index (χ1n) is 6.59. The topological polar surface area (TPSA) is 67.1 Å². The predicted octanol–water partition coefficient (Wildman–Crippen LogP) is 1.31. The van der Waals surface area contributed by atoms with Crippen LogP contribution in [0.25, 0.3) is 0 Å². The van der Waals surface area contributed by atoms with Gasteiger partial charge in [-0.15, -0.1) is 34.2 Å². The summed E-state index contributed by atoms with van der Waals surface area (Å²) in [6, 6.07) is 0.364. The summed E-state index contributed by atoms with van der Waals surface area (Å²) >= 11 is 0. The summed E-state index contributed by atoms with van der Waals surface area (Å²) in [7, 11) is 1.77. The molecule has 0 aromatic carbocycles. The van der Waals surface area contributed by atoms with Gasteiger partial charge in [0.15, 0.2) is 11.8 Å². The molecule has 0 spiro atoms. The van der Waals surface area contributed by atoms with Gasteiger partial charge in [0.1, 0.15) is 5.82 Å². The van der Waals surface area contributed by atoms with Gasteiger partial charge in [-0.2, -0.15) is 0 Å². The first-order chi connectivity index (χ1) is 8.70. The number of nitrogens with zero attached hydrogens (tertiary/aromatic N) is 4. The molecule has 0 radical (unpaired) electrons. The van der Waals surface area contributed by atoms with Gasteiger partial charge in [-0.1, -0.05) is 0 Å². The van der Waals surface area contributed by atoms with Gasteiger partial charge >= 0.3 is 0 Å². The number of aromatic nitrogens is 3. The van der Waals surface area contributed by atoms with Crippen molar-refractivity contribution in [2.24, 2.45) is 4.99 Å². The number of hydrogen-bond donors (Lipinski definition) is 2. The summed E-state index contributed by atoms with van der Waals surface area (Å²) in [6.45, 7) is 5.88. The zero-order chi connectivity index (χ0) is 13.0. The Morgan fingerprint density at radius 3 is 2.84 bits per heavy atom. The van der Waals surface area contributed by atoms with Gasteiger partial charge in [-0.25, -0.2) is 0 Å². The van der Waals surface area contributed by atoms with Crippen molar-refractivity contribution < 1.29 is 0 Å². The van der Waals surface area contributed by atoms with E-state index < -0.39 is 0 Å². The quantitative estimate of drug-likeness (QED) is 0.473. The molecule has 2 heterocycles. The number of guanidine groups is 1. The smallest absolute Gasteiger partial charge is 0.191 e. The highest BCUT2D eigenvalue weighted by Gasteiger charge is 2.15. The van der Waals surface area contributed by atoms with Gasteiger partial charge in [-0.05, 0) is 26.7 Å². The van der Waals surface area contributed by atoms with Crippen LogP contribution in [0.1, 0.15) is 38.3 Å². The van der Waals surface area contributed by atoms with E-state index >= 15 is 0 Å². The molecule has 7 heteroatoms. The Hall–Kier alpha value is -0.860. The van der Waals surface area contributed by atoms with Gasteiger partial charge in [0, 0.05) is 26.1 Å². The minimum atomic E-state index is 0. The van der Waals surface area contributed by atoms with Crippen molar-refractivity contribution in [1.82, 2.24) is 25.4 Å². The lowest BCUT2D eigenvalue weighted by atomic mass is 10.2. The molecule has 0 fully saturated rings. The first kappa shape index (κ1) is 16.2. The van der Waals surface area contributed by atoms with E-state index in [0.717, 1.165) is 30.6 Å². The average molecular weight is 378 g/mol. The van der Waals surface area contributed by atoms with Crippen molar-refractivity contribution in [3.8, 4) is 0 Å². The van der Waals surface area contributed by atoms with Crippen LogP contribution in [-0.4, -0.2) is 33.8 Å². The molecule has 0 amide bonds. The lowest BCUT2D eigenvalue weighted by molar-refractivity contribution is 0.504. The average Bonchev–Trinajstić information content (AvgIpc) is 2.77. The molecule has 0 saturated heterocycles. The van der Waals surface area contributed by atoms with Gasteiger partial charge in [0.2, 0.25) is 0 Å². The fourth-order valence-corrected chi connectivity index (χ4v) is 2.13. The third kappa shape index (κ3) is 4.32. The van der Waals surface area contributed by atoms with Gasteiger partial charge < -0.3 is 15.2 Å². The van der Waals surface area contributed by atoms with Crippen molar-refractivity contribution in [2.45, 2.75) is 52.2 Å². The lowest BCUT2D eigenvalue weighted by Crippen LogP contribution is -2.41. The molecule has 0 aliphatic carbocycles. The molecule has 19 heavy (non-hydrogen) atoms. The number of aryl methyl sites for hydroxylation is 1. The predicted molar refractivity (Wildman–Crippen MR) is 86.8 cm³/mol. The molecule has 2 N–H and O–H groups in total. The molecule has 6 nitrogen and oxygen atoms in total. The number of fused-ring (bicyclic) bond motifs is 1. The van der Waals surface area contributed by atoms with E-state index in [2.05, 4.69) is 44.2 Å². The molecule has 0 bridgehead atoms. The fraction of sp³-hybridized carbons (Fsp3) is 0.750. The molecule has 2 rings (SSSR count). The second-order valence-corrected chi connectivity index (χ2v) is 4.87. The Kier molecular flexibility index (Phi) is 6.53. The molecule has 0 atom stereocenters. The highest BCUT2D eigenvalue weighted by molar-refractivity contribution is 14.0. The van der Waals surface area contributed by atoms with Crippen molar-refractivity contribution in [1.29, 1.82) is 0 Å². The largest absolute Gasteiger partial charge is 0.354 e. The van der Waals surface area contributed by atoms with Crippen molar-refractivity contribution >= 4 is 29.9 Å². The van der Waals surface area contributed by atoms with Crippen LogP contribution in [0.2, 0.25) is 0 Å². The maximum absolute atomic E-state index is 4.25. The van der Waals surface area contributed by atoms with Crippen LogP contribution in [0.3, 0.4) is 0 Å². The van der Waals surface area contributed by atoms with Crippen LogP contribution in [-0.2, 0) is 19.5 Å².